The molecular formula is C22H19ClN2O4S. The maximum Gasteiger partial charge on any atom is 0.274 e. The summed E-state index contributed by atoms with van der Waals surface area (Å²) in [7, 11) is -3.92. The number of nitrogens with one attached hydrogen (secondary N) is 1. The SMILES string of the molecule is O=C(NOCc1ccccc1)c1ccc(Cl)c(S(=O)(=O)N2CCc3ccccc32)c1. The Morgan fingerprint density at radius 2 is 1.77 bits per heavy atom. The van der Waals surface area contributed by atoms with Gasteiger partial charge in [-0.05, 0) is 41.8 Å². The molecule has 0 unspecified atom stereocenters. The Morgan fingerprint density at radius 3 is 2.57 bits per heavy atom. The van der Waals surface area contributed by atoms with Crippen LogP contribution in [0.15, 0.2) is 77.7 Å². The first-order chi connectivity index (χ1) is 14.5. The number of carbonyl (C=O) groups is 1. The van der Waals surface area contributed by atoms with Crippen LogP contribution in [-0.2, 0) is 27.9 Å². The molecule has 1 aliphatic rings. The van der Waals surface area contributed by atoms with Crippen LogP contribution < -0.4 is 9.79 Å². The van der Waals surface area contributed by atoms with Gasteiger partial charge in [0.1, 0.15) is 4.90 Å². The molecule has 1 aliphatic heterocycles. The third kappa shape index (κ3) is 4.05. The predicted octanol–water partition coefficient (Wildman–Crippen LogP) is 3.95. The largest absolute Gasteiger partial charge is 0.274 e. The highest BCUT2D eigenvalue weighted by Gasteiger charge is 2.32. The number of para-hydroxylation sites is 1. The van der Waals surface area contributed by atoms with E-state index in [0.29, 0.717) is 18.7 Å². The summed E-state index contributed by atoms with van der Waals surface area (Å²) in [5.74, 6) is -0.555. The van der Waals surface area contributed by atoms with Crippen LogP contribution in [0.3, 0.4) is 0 Å². The summed E-state index contributed by atoms with van der Waals surface area (Å²) in [5.41, 5.74) is 4.96. The van der Waals surface area contributed by atoms with Crippen LogP contribution in [0.4, 0.5) is 5.69 Å². The van der Waals surface area contributed by atoms with Crippen molar-refractivity contribution in [2.45, 2.75) is 17.9 Å². The van der Waals surface area contributed by atoms with Gasteiger partial charge in [0.2, 0.25) is 0 Å². The van der Waals surface area contributed by atoms with Gasteiger partial charge >= 0.3 is 0 Å². The number of hydrogen-bond acceptors (Lipinski definition) is 4. The number of benzene rings is 3. The standard InChI is InChI=1S/C22H19ClN2O4S/c23-19-11-10-18(22(26)24-29-15-16-6-2-1-3-7-16)14-21(19)30(27,28)25-13-12-17-8-4-5-9-20(17)25/h1-11,14H,12-13,15H2,(H,24,26). The first kappa shape index (κ1) is 20.4. The van der Waals surface area contributed by atoms with E-state index in [4.69, 9.17) is 16.4 Å². The summed E-state index contributed by atoms with van der Waals surface area (Å²) < 4.78 is 27.9. The second-order valence-corrected chi connectivity index (χ2v) is 9.04. The number of fused-ring (bicyclic) bond motifs is 1. The number of halogens is 1. The third-order valence-corrected chi connectivity index (χ3v) is 7.15. The maximum absolute atomic E-state index is 13.3. The van der Waals surface area contributed by atoms with Gasteiger partial charge in [0.05, 0.1) is 17.3 Å². The smallest absolute Gasteiger partial charge is 0.269 e. The van der Waals surface area contributed by atoms with Crippen molar-refractivity contribution in [2.24, 2.45) is 0 Å². The lowest BCUT2D eigenvalue weighted by Crippen LogP contribution is -2.30. The van der Waals surface area contributed by atoms with E-state index in [2.05, 4.69) is 5.48 Å². The minimum atomic E-state index is -3.92. The molecule has 0 fully saturated rings. The average Bonchev–Trinajstić information content (AvgIpc) is 3.20. The van der Waals surface area contributed by atoms with Crippen LogP contribution in [0.1, 0.15) is 21.5 Å². The second kappa shape index (κ2) is 8.47. The Hall–Kier alpha value is -2.87. The molecule has 0 spiro atoms. The van der Waals surface area contributed by atoms with Crippen molar-refractivity contribution in [3.8, 4) is 0 Å². The van der Waals surface area contributed by atoms with Crippen molar-refractivity contribution < 1.29 is 18.0 Å². The van der Waals surface area contributed by atoms with E-state index in [1.807, 2.05) is 42.5 Å². The van der Waals surface area contributed by atoms with Crippen molar-refractivity contribution in [1.82, 2.24) is 5.48 Å². The van der Waals surface area contributed by atoms with Gasteiger partial charge in [-0.2, -0.15) is 0 Å². The number of sulfonamides is 1. The van der Waals surface area contributed by atoms with Crippen LogP contribution in [0.25, 0.3) is 0 Å². The Morgan fingerprint density at radius 1 is 1.03 bits per heavy atom. The van der Waals surface area contributed by atoms with Gasteiger partial charge in [-0.15, -0.1) is 0 Å². The van der Waals surface area contributed by atoms with Gasteiger partial charge in [0.25, 0.3) is 15.9 Å². The van der Waals surface area contributed by atoms with Crippen LogP contribution in [-0.4, -0.2) is 20.9 Å². The summed E-state index contributed by atoms with van der Waals surface area (Å²) in [6.07, 6.45) is 0.626. The normalized spacial score (nSPS) is 13.2. The van der Waals surface area contributed by atoms with Gasteiger partial charge in [-0.25, -0.2) is 13.9 Å². The fourth-order valence-corrected chi connectivity index (χ4v) is 5.34. The van der Waals surface area contributed by atoms with Crippen LogP contribution in [0.2, 0.25) is 5.02 Å². The second-order valence-electron chi connectivity index (χ2n) is 6.81. The highest BCUT2D eigenvalue weighted by Crippen LogP contribution is 2.35. The number of amides is 1. The van der Waals surface area contributed by atoms with Gasteiger partial charge in [-0.1, -0.05) is 60.1 Å². The molecule has 30 heavy (non-hydrogen) atoms. The zero-order valence-electron chi connectivity index (χ0n) is 15.9. The van der Waals surface area contributed by atoms with Gasteiger partial charge in [0, 0.05) is 12.1 Å². The van der Waals surface area contributed by atoms with Crippen LogP contribution in [0.5, 0.6) is 0 Å². The molecule has 0 aromatic heterocycles. The molecule has 0 bridgehead atoms. The molecule has 1 heterocycles. The molecule has 3 aromatic carbocycles. The Balaban J connectivity index is 1.54. The molecule has 4 rings (SSSR count). The van der Waals surface area contributed by atoms with Crippen molar-refractivity contribution in [3.63, 3.8) is 0 Å². The Bertz CT molecular complexity index is 1180. The summed E-state index contributed by atoms with van der Waals surface area (Å²) in [6.45, 7) is 0.518. The van der Waals surface area contributed by atoms with E-state index in [1.54, 1.807) is 12.1 Å². The van der Waals surface area contributed by atoms with Crippen LogP contribution in [0, 0.1) is 0 Å². The third-order valence-electron chi connectivity index (χ3n) is 4.85. The molecule has 0 atom stereocenters. The Kier molecular flexibility index (Phi) is 5.76. The zero-order valence-corrected chi connectivity index (χ0v) is 17.5. The monoisotopic (exact) mass is 442 g/mol. The van der Waals surface area contributed by atoms with Gasteiger partial charge in [0.15, 0.2) is 0 Å². The highest BCUT2D eigenvalue weighted by molar-refractivity contribution is 7.93. The quantitative estimate of drug-likeness (QED) is 0.586. The summed E-state index contributed by atoms with van der Waals surface area (Å²) in [4.78, 5) is 17.6. The zero-order chi connectivity index (χ0) is 21.1. The molecule has 154 valence electrons. The molecular weight excluding hydrogens is 424 g/mol. The maximum atomic E-state index is 13.3. The lowest BCUT2D eigenvalue weighted by Gasteiger charge is -2.20. The van der Waals surface area contributed by atoms with Crippen LogP contribution >= 0.6 is 11.6 Å². The van der Waals surface area contributed by atoms with Gasteiger partial charge in [-0.3, -0.25) is 13.9 Å². The first-order valence-electron chi connectivity index (χ1n) is 9.33. The molecule has 0 saturated carbocycles. The van der Waals surface area contributed by atoms with Crippen molar-refractivity contribution in [2.75, 3.05) is 10.8 Å². The average molecular weight is 443 g/mol. The fourth-order valence-electron chi connectivity index (χ4n) is 3.34. The molecule has 6 nitrogen and oxygen atoms in total. The lowest BCUT2D eigenvalue weighted by atomic mass is 10.2. The predicted molar refractivity (Wildman–Crippen MR) is 115 cm³/mol. The first-order valence-corrected chi connectivity index (χ1v) is 11.1. The molecule has 1 N–H and O–H groups in total. The van der Waals surface area contributed by atoms with Gasteiger partial charge < -0.3 is 0 Å². The topological polar surface area (TPSA) is 75.7 Å². The van der Waals surface area contributed by atoms with E-state index in [1.165, 1.54) is 22.5 Å². The summed E-state index contributed by atoms with van der Waals surface area (Å²) in [5, 5.41) is 0.0566. The van der Waals surface area contributed by atoms with E-state index in [-0.39, 0.29) is 22.1 Å². The molecule has 8 heteroatoms. The highest BCUT2D eigenvalue weighted by atomic mass is 35.5. The lowest BCUT2D eigenvalue weighted by molar-refractivity contribution is 0.0233. The summed E-state index contributed by atoms with van der Waals surface area (Å²) in [6, 6.07) is 20.8. The van der Waals surface area contributed by atoms with Crippen molar-refractivity contribution in [1.29, 1.82) is 0 Å². The van der Waals surface area contributed by atoms with Crippen molar-refractivity contribution in [3.05, 3.63) is 94.5 Å². The van der Waals surface area contributed by atoms with E-state index in [0.717, 1.165) is 11.1 Å². The molecule has 3 aromatic rings. The van der Waals surface area contributed by atoms with E-state index in [9.17, 15) is 13.2 Å². The number of hydroxylamine groups is 1. The number of rotatable bonds is 6. The molecule has 1 amide bonds. The minimum absolute atomic E-state index is 0.0566. The molecule has 0 aliphatic carbocycles. The number of hydrogen-bond donors (Lipinski definition) is 1. The Labute approximate surface area is 180 Å². The number of nitrogens with zero attached hydrogens (tertiary/aromatic N) is 1. The van der Waals surface area contributed by atoms with E-state index >= 15 is 0 Å². The molecule has 0 saturated heterocycles. The van der Waals surface area contributed by atoms with Crippen molar-refractivity contribution >= 4 is 33.2 Å². The van der Waals surface area contributed by atoms with E-state index < -0.39 is 15.9 Å². The fraction of sp³-hybridized carbons (Fsp3) is 0.136. The summed E-state index contributed by atoms with van der Waals surface area (Å²) >= 11 is 6.21. The minimum Gasteiger partial charge on any atom is -0.269 e. The number of anilines is 1. The number of carbonyl (C=O) groups excluding carboxylic acids is 1. The molecule has 0 radical (unpaired) electrons.